The molecule has 0 saturated heterocycles. The topological polar surface area (TPSA) is 76.1 Å². The van der Waals surface area contributed by atoms with E-state index in [1.165, 1.54) is 46.8 Å². The normalized spacial score (nSPS) is 15.7. The van der Waals surface area contributed by atoms with Crippen molar-refractivity contribution in [3.05, 3.63) is 52.8 Å². The predicted molar refractivity (Wildman–Crippen MR) is 95.4 cm³/mol. The minimum absolute atomic E-state index is 0.126. The molecule has 0 spiro atoms. The van der Waals surface area contributed by atoms with Crippen LogP contribution in [0.3, 0.4) is 0 Å². The second-order valence-electron chi connectivity index (χ2n) is 6.72. The Morgan fingerprint density at radius 1 is 1.00 bits per heavy atom. The van der Waals surface area contributed by atoms with Gasteiger partial charge in [-0.15, -0.1) is 0 Å². The van der Waals surface area contributed by atoms with Crippen molar-refractivity contribution in [1.82, 2.24) is 4.98 Å². The summed E-state index contributed by atoms with van der Waals surface area (Å²) in [5.41, 5.74) is 5.92. The van der Waals surface area contributed by atoms with Crippen molar-refractivity contribution in [3.8, 4) is 0 Å². The number of aromatic nitrogens is 1. The molecule has 130 valence electrons. The lowest BCUT2D eigenvalue weighted by Crippen LogP contribution is -2.24. The number of rotatable bonds is 4. The van der Waals surface area contributed by atoms with Crippen molar-refractivity contribution in [2.75, 3.05) is 11.1 Å². The summed E-state index contributed by atoms with van der Waals surface area (Å²) in [6.45, 7) is 0. The Balaban J connectivity index is 1.60. The van der Waals surface area contributed by atoms with E-state index in [1.807, 2.05) is 0 Å². The molecule has 2 aliphatic carbocycles. The molecule has 2 aliphatic rings. The first-order valence-corrected chi connectivity index (χ1v) is 10.3. The molecule has 0 unspecified atom stereocenters. The number of pyridine rings is 1. The minimum Gasteiger partial charge on any atom is -0.325 e. The molecule has 2 aromatic rings. The van der Waals surface area contributed by atoms with E-state index in [1.54, 1.807) is 0 Å². The summed E-state index contributed by atoms with van der Waals surface area (Å²) < 4.78 is 24.8. The molecule has 5 nitrogen and oxygen atoms in total. The zero-order valence-electron chi connectivity index (χ0n) is 13.9. The number of hydrogen-bond acceptors (Lipinski definition) is 4. The lowest BCUT2D eigenvalue weighted by molar-refractivity contribution is -0.113. The smallest absolute Gasteiger partial charge is 0.239 e. The van der Waals surface area contributed by atoms with Crippen LogP contribution in [-0.2, 0) is 40.3 Å². The quantitative estimate of drug-likeness (QED) is 0.913. The maximum absolute atomic E-state index is 12.5. The summed E-state index contributed by atoms with van der Waals surface area (Å²) in [7, 11) is -3.66. The number of hydrogen-bond donors (Lipinski definition) is 1. The van der Waals surface area contributed by atoms with Crippen molar-refractivity contribution >= 4 is 21.4 Å². The van der Waals surface area contributed by atoms with Crippen LogP contribution in [0.1, 0.15) is 35.1 Å². The van der Waals surface area contributed by atoms with Gasteiger partial charge in [0.15, 0.2) is 9.84 Å². The molecular formula is C19H20N2O3S. The van der Waals surface area contributed by atoms with Crippen LogP contribution in [-0.4, -0.2) is 25.1 Å². The average molecular weight is 356 g/mol. The van der Waals surface area contributed by atoms with Crippen molar-refractivity contribution in [1.29, 1.82) is 0 Å². The maximum Gasteiger partial charge on any atom is 0.239 e. The molecule has 25 heavy (non-hydrogen) atoms. The van der Waals surface area contributed by atoms with Gasteiger partial charge in [0, 0.05) is 18.1 Å². The van der Waals surface area contributed by atoms with E-state index in [0.717, 1.165) is 44.2 Å². The molecular weight excluding hydrogens is 336 g/mol. The Hall–Kier alpha value is -2.21. The monoisotopic (exact) mass is 356 g/mol. The molecule has 0 aliphatic heterocycles. The molecule has 0 bridgehead atoms. The van der Waals surface area contributed by atoms with Gasteiger partial charge in [-0.3, -0.25) is 9.78 Å². The number of nitrogens with one attached hydrogen (secondary N) is 1. The van der Waals surface area contributed by atoms with E-state index in [0.29, 0.717) is 0 Å². The van der Waals surface area contributed by atoms with E-state index >= 15 is 0 Å². The highest BCUT2D eigenvalue weighted by Crippen LogP contribution is 2.38. The number of aryl methyl sites for hydroxylation is 2. The van der Waals surface area contributed by atoms with Crippen molar-refractivity contribution in [2.24, 2.45) is 0 Å². The third-order valence-electron chi connectivity index (χ3n) is 5.07. The van der Waals surface area contributed by atoms with Gasteiger partial charge in [-0.1, -0.05) is 6.07 Å². The largest absolute Gasteiger partial charge is 0.325 e. The molecule has 4 rings (SSSR count). The van der Waals surface area contributed by atoms with Crippen LogP contribution in [0.2, 0.25) is 0 Å². The number of sulfone groups is 1. The van der Waals surface area contributed by atoms with Gasteiger partial charge in [0.1, 0.15) is 5.75 Å². The summed E-state index contributed by atoms with van der Waals surface area (Å²) in [5.74, 6) is -1.01. The van der Waals surface area contributed by atoms with E-state index in [9.17, 15) is 13.2 Å². The highest BCUT2D eigenvalue weighted by atomic mass is 32.2. The number of carbonyl (C=O) groups excluding carboxylic acids is 1. The molecule has 1 aromatic heterocycles. The van der Waals surface area contributed by atoms with Gasteiger partial charge in [0.05, 0.1) is 4.90 Å². The summed E-state index contributed by atoms with van der Waals surface area (Å²) >= 11 is 0. The highest BCUT2D eigenvalue weighted by molar-refractivity contribution is 7.92. The number of nitrogens with zero attached hydrogens (tertiary/aromatic N) is 1. The zero-order chi connectivity index (χ0) is 17.4. The Labute approximate surface area is 147 Å². The maximum atomic E-state index is 12.5. The van der Waals surface area contributed by atoms with Crippen LogP contribution in [0, 0.1) is 0 Å². The molecule has 1 N–H and O–H groups in total. The first-order valence-electron chi connectivity index (χ1n) is 8.64. The molecule has 1 amide bonds. The van der Waals surface area contributed by atoms with Gasteiger partial charge in [-0.2, -0.15) is 0 Å². The summed E-state index contributed by atoms with van der Waals surface area (Å²) in [6, 6.07) is 5.12. The van der Waals surface area contributed by atoms with Crippen LogP contribution in [0.5, 0.6) is 0 Å². The second kappa shape index (κ2) is 6.26. The fourth-order valence-electron chi connectivity index (χ4n) is 3.94. The Morgan fingerprint density at radius 3 is 2.20 bits per heavy atom. The van der Waals surface area contributed by atoms with E-state index in [2.05, 4.69) is 16.4 Å². The number of fused-ring (bicyclic) bond motifs is 2. The first-order chi connectivity index (χ1) is 12.0. The number of carbonyl (C=O) groups is 1. The molecule has 0 fully saturated rings. The Bertz CT molecular complexity index is 905. The van der Waals surface area contributed by atoms with Gasteiger partial charge >= 0.3 is 0 Å². The van der Waals surface area contributed by atoms with E-state index in [-0.39, 0.29) is 4.90 Å². The van der Waals surface area contributed by atoms with E-state index in [4.69, 9.17) is 0 Å². The molecule has 0 radical (unpaired) electrons. The first kappa shape index (κ1) is 16.3. The van der Waals surface area contributed by atoms with Crippen molar-refractivity contribution < 1.29 is 13.2 Å². The summed E-state index contributed by atoms with van der Waals surface area (Å²) in [5, 5.41) is 2.93. The Morgan fingerprint density at radius 2 is 1.60 bits per heavy atom. The van der Waals surface area contributed by atoms with Gasteiger partial charge in [-0.05, 0) is 72.9 Å². The van der Waals surface area contributed by atoms with Crippen LogP contribution in [0.25, 0.3) is 0 Å². The molecule has 0 atom stereocenters. The third-order valence-corrected chi connectivity index (χ3v) is 6.70. The lowest BCUT2D eigenvalue weighted by Gasteiger charge is -2.16. The number of benzene rings is 1. The fourth-order valence-corrected chi connectivity index (χ4v) is 5.06. The molecule has 1 aromatic carbocycles. The second-order valence-corrected chi connectivity index (χ2v) is 8.71. The van der Waals surface area contributed by atoms with Crippen LogP contribution in [0.15, 0.2) is 35.5 Å². The lowest BCUT2D eigenvalue weighted by atomic mass is 9.98. The standard InChI is InChI=1S/C19H20N2O3S/c22-18(12-25(23,24)15-7-9-20-10-8-15)21-19-16-5-1-3-13(16)11-14-4-2-6-17(14)19/h7-11H,1-6,12H2,(H,21,22). The van der Waals surface area contributed by atoms with Crippen molar-refractivity contribution in [3.63, 3.8) is 0 Å². The molecule has 6 heteroatoms. The predicted octanol–water partition coefficient (Wildman–Crippen LogP) is 2.47. The Kier molecular flexibility index (Phi) is 4.07. The van der Waals surface area contributed by atoms with Gasteiger partial charge in [0.2, 0.25) is 5.91 Å². The fraction of sp³-hybridized carbons (Fsp3) is 0.368. The van der Waals surface area contributed by atoms with Crippen LogP contribution in [0.4, 0.5) is 5.69 Å². The summed E-state index contributed by atoms with van der Waals surface area (Å²) in [6.07, 6.45) is 9.02. The molecule has 0 saturated carbocycles. The van der Waals surface area contributed by atoms with E-state index < -0.39 is 21.5 Å². The average Bonchev–Trinajstić information content (AvgIpc) is 3.24. The van der Waals surface area contributed by atoms with Crippen molar-refractivity contribution in [2.45, 2.75) is 43.4 Å². The molecule has 1 heterocycles. The van der Waals surface area contributed by atoms with Gasteiger partial charge in [-0.25, -0.2) is 8.42 Å². The minimum atomic E-state index is -3.66. The SMILES string of the molecule is O=C(CS(=O)(=O)c1ccncc1)Nc1c2c(cc3c1CCC3)CCC2. The van der Waals surface area contributed by atoms with Gasteiger partial charge < -0.3 is 5.32 Å². The number of amides is 1. The van der Waals surface area contributed by atoms with Gasteiger partial charge in [0.25, 0.3) is 0 Å². The highest BCUT2D eigenvalue weighted by Gasteiger charge is 2.26. The third kappa shape index (κ3) is 3.06. The van der Waals surface area contributed by atoms with Crippen LogP contribution < -0.4 is 5.32 Å². The summed E-state index contributed by atoms with van der Waals surface area (Å²) in [4.78, 5) is 16.4. The zero-order valence-corrected chi connectivity index (χ0v) is 14.7. The van der Waals surface area contributed by atoms with Crippen LogP contribution >= 0.6 is 0 Å². The number of anilines is 1.